The van der Waals surface area contributed by atoms with Crippen LogP contribution in [0.4, 0.5) is 4.39 Å². The Bertz CT molecular complexity index is 411. The molecule has 106 valence electrons. The highest BCUT2D eigenvalue weighted by molar-refractivity contribution is 7.99. The van der Waals surface area contributed by atoms with Gasteiger partial charge in [0.05, 0.1) is 6.61 Å². The Morgan fingerprint density at radius 1 is 1.47 bits per heavy atom. The molecule has 1 aliphatic heterocycles. The molecule has 1 atom stereocenters. The number of ether oxygens (including phenoxy) is 1. The molecule has 0 fully saturated rings. The molecule has 2 nitrogen and oxygen atoms in total. The van der Waals surface area contributed by atoms with Crippen molar-refractivity contribution in [3.63, 3.8) is 0 Å². The summed E-state index contributed by atoms with van der Waals surface area (Å²) in [7, 11) is 0. The molecule has 1 N–H and O–H groups in total. The first-order chi connectivity index (χ1) is 9.18. The Kier molecular flexibility index (Phi) is 5.67. The van der Waals surface area contributed by atoms with Crippen molar-refractivity contribution in [3.8, 4) is 0 Å². The molecule has 1 unspecified atom stereocenters. The van der Waals surface area contributed by atoms with Crippen LogP contribution in [0.2, 0.25) is 0 Å². The van der Waals surface area contributed by atoms with E-state index in [2.05, 4.69) is 19.2 Å². The van der Waals surface area contributed by atoms with Gasteiger partial charge < -0.3 is 10.1 Å². The maximum Gasteiger partial charge on any atom is 0.137 e. The Morgan fingerprint density at radius 2 is 2.32 bits per heavy atom. The van der Waals surface area contributed by atoms with Gasteiger partial charge in [-0.2, -0.15) is 0 Å². The van der Waals surface area contributed by atoms with Gasteiger partial charge in [-0.3, -0.25) is 0 Å². The van der Waals surface area contributed by atoms with Crippen LogP contribution in [0.1, 0.15) is 31.9 Å². The van der Waals surface area contributed by atoms with Gasteiger partial charge in [-0.25, -0.2) is 4.39 Å². The van der Waals surface area contributed by atoms with Crippen molar-refractivity contribution in [2.24, 2.45) is 5.92 Å². The highest BCUT2D eigenvalue weighted by atomic mass is 32.2. The molecule has 0 amide bonds. The largest absolute Gasteiger partial charge is 0.380 e. The molecule has 2 rings (SSSR count). The summed E-state index contributed by atoms with van der Waals surface area (Å²) in [5.74, 6) is 1.45. The third-order valence-electron chi connectivity index (χ3n) is 3.11. The second-order valence-electron chi connectivity index (χ2n) is 5.27. The predicted molar refractivity (Wildman–Crippen MR) is 78.1 cm³/mol. The lowest BCUT2D eigenvalue weighted by Gasteiger charge is -2.26. The van der Waals surface area contributed by atoms with Gasteiger partial charge in [-0.1, -0.05) is 26.0 Å². The van der Waals surface area contributed by atoms with Gasteiger partial charge in [0.2, 0.25) is 0 Å². The molecule has 1 aromatic rings. The minimum Gasteiger partial charge on any atom is -0.380 e. The summed E-state index contributed by atoms with van der Waals surface area (Å²) in [6, 6.07) is 5.62. The fourth-order valence-corrected chi connectivity index (χ4v) is 3.36. The van der Waals surface area contributed by atoms with Crippen molar-refractivity contribution in [3.05, 3.63) is 29.6 Å². The van der Waals surface area contributed by atoms with E-state index in [0.29, 0.717) is 12.5 Å². The molecule has 1 heterocycles. The normalized spacial score (nSPS) is 18.6. The topological polar surface area (TPSA) is 21.3 Å². The van der Waals surface area contributed by atoms with Crippen LogP contribution in [0, 0.1) is 11.7 Å². The lowest BCUT2D eigenvalue weighted by Crippen LogP contribution is -2.28. The molecular formula is C15H22FNOS. The Labute approximate surface area is 119 Å². The fraction of sp³-hybridized carbons (Fsp3) is 0.600. The second kappa shape index (κ2) is 7.27. The minimum absolute atomic E-state index is 0.0925. The second-order valence-corrected chi connectivity index (χ2v) is 6.38. The van der Waals surface area contributed by atoms with Gasteiger partial charge in [0.25, 0.3) is 0 Å². The summed E-state index contributed by atoms with van der Waals surface area (Å²) in [5.41, 5.74) is 1.10. The van der Waals surface area contributed by atoms with Crippen molar-refractivity contribution in [1.82, 2.24) is 5.32 Å². The average molecular weight is 283 g/mol. The SMILES string of the molecule is CC(C)COCCNC1CCSc2c(F)cccc21. The number of rotatable bonds is 6. The summed E-state index contributed by atoms with van der Waals surface area (Å²) >= 11 is 1.62. The number of hydrogen-bond acceptors (Lipinski definition) is 3. The van der Waals surface area contributed by atoms with Crippen LogP contribution in [0.5, 0.6) is 0 Å². The van der Waals surface area contributed by atoms with Crippen LogP contribution in [0.15, 0.2) is 23.1 Å². The van der Waals surface area contributed by atoms with E-state index in [0.717, 1.165) is 35.8 Å². The van der Waals surface area contributed by atoms with Gasteiger partial charge in [-0.15, -0.1) is 11.8 Å². The van der Waals surface area contributed by atoms with Crippen LogP contribution in [-0.2, 0) is 4.74 Å². The molecule has 0 aromatic heterocycles. The lowest BCUT2D eigenvalue weighted by molar-refractivity contribution is 0.110. The zero-order valence-corrected chi connectivity index (χ0v) is 12.4. The highest BCUT2D eigenvalue weighted by Gasteiger charge is 2.22. The molecular weight excluding hydrogens is 261 g/mol. The highest BCUT2D eigenvalue weighted by Crippen LogP contribution is 2.37. The van der Waals surface area contributed by atoms with Crippen LogP contribution < -0.4 is 5.32 Å². The van der Waals surface area contributed by atoms with Gasteiger partial charge in [0.1, 0.15) is 5.82 Å². The van der Waals surface area contributed by atoms with E-state index in [9.17, 15) is 4.39 Å². The van der Waals surface area contributed by atoms with Crippen molar-refractivity contribution < 1.29 is 9.13 Å². The maximum atomic E-state index is 13.7. The molecule has 0 aliphatic carbocycles. The van der Waals surface area contributed by atoms with Crippen molar-refractivity contribution in [2.45, 2.75) is 31.2 Å². The molecule has 1 aromatic carbocycles. The average Bonchev–Trinajstić information content (AvgIpc) is 2.39. The standard InChI is InChI=1S/C15H22FNOS/c1-11(2)10-18-8-7-17-14-6-9-19-15-12(14)4-3-5-13(15)16/h3-5,11,14,17H,6-10H2,1-2H3. The zero-order chi connectivity index (χ0) is 13.7. The first-order valence-corrected chi connectivity index (χ1v) is 7.89. The Balaban J connectivity index is 1.84. The van der Waals surface area contributed by atoms with E-state index >= 15 is 0 Å². The molecule has 4 heteroatoms. The number of nitrogens with one attached hydrogen (secondary N) is 1. The van der Waals surface area contributed by atoms with Crippen molar-refractivity contribution >= 4 is 11.8 Å². The third kappa shape index (κ3) is 4.20. The summed E-state index contributed by atoms with van der Waals surface area (Å²) < 4.78 is 19.3. The van der Waals surface area contributed by atoms with Crippen LogP contribution in [-0.4, -0.2) is 25.5 Å². The molecule has 0 bridgehead atoms. The molecule has 0 radical (unpaired) electrons. The number of halogens is 1. The molecule has 0 saturated carbocycles. The smallest absolute Gasteiger partial charge is 0.137 e. The summed E-state index contributed by atoms with van der Waals surface area (Å²) in [6.45, 7) is 6.62. The quantitative estimate of drug-likeness (QED) is 0.806. The van der Waals surface area contributed by atoms with E-state index in [-0.39, 0.29) is 11.9 Å². The zero-order valence-electron chi connectivity index (χ0n) is 11.6. The molecule has 19 heavy (non-hydrogen) atoms. The summed E-state index contributed by atoms with van der Waals surface area (Å²) in [5, 5.41) is 3.47. The van der Waals surface area contributed by atoms with Crippen LogP contribution in [0.3, 0.4) is 0 Å². The first kappa shape index (κ1) is 14.8. The molecule has 0 saturated heterocycles. The van der Waals surface area contributed by atoms with Gasteiger partial charge in [0.15, 0.2) is 0 Å². The number of thioether (sulfide) groups is 1. The van der Waals surface area contributed by atoms with Crippen LogP contribution in [0.25, 0.3) is 0 Å². The van der Waals surface area contributed by atoms with Crippen LogP contribution >= 0.6 is 11.8 Å². The summed E-state index contributed by atoms with van der Waals surface area (Å²) in [4.78, 5) is 0.814. The third-order valence-corrected chi connectivity index (χ3v) is 4.27. The Morgan fingerprint density at radius 3 is 3.11 bits per heavy atom. The van der Waals surface area contributed by atoms with E-state index in [4.69, 9.17) is 4.74 Å². The van der Waals surface area contributed by atoms with Crippen molar-refractivity contribution in [2.75, 3.05) is 25.5 Å². The first-order valence-electron chi connectivity index (χ1n) is 6.91. The molecule has 1 aliphatic rings. The van der Waals surface area contributed by atoms with Gasteiger partial charge >= 0.3 is 0 Å². The van der Waals surface area contributed by atoms with E-state index in [1.54, 1.807) is 23.9 Å². The number of benzene rings is 1. The fourth-order valence-electron chi connectivity index (χ4n) is 2.22. The summed E-state index contributed by atoms with van der Waals surface area (Å²) in [6.07, 6.45) is 1.05. The Hall–Kier alpha value is -0.580. The number of hydrogen-bond donors (Lipinski definition) is 1. The van der Waals surface area contributed by atoms with Gasteiger partial charge in [0, 0.05) is 24.1 Å². The van der Waals surface area contributed by atoms with E-state index < -0.39 is 0 Å². The molecule has 0 spiro atoms. The maximum absolute atomic E-state index is 13.7. The predicted octanol–water partition coefficient (Wildman–Crippen LogP) is 3.62. The van der Waals surface area contributed by atoms with E-state index in [1.165, 1.54) is 0 Å². The van der Waals surface area contributed by atoms with Gasteiger partial charge in [-0.05, 0) is 29.7 Å². The minimum atomic E-state index is -0.0925. The van der Waals surface area contributed by atoms with Crippen molar-refractivity contribution in [1.29, 1.82) is 0 Å². The monoisotopic (exact) mass is 283 g/mol. The lowest BCUT2D eigenvalue weighted by atomic mass is 10.0. The van der Waals surface area contributed by atoms with E-state index in [1.807, 2.05) is 6.07 Å². The number of fused-ring (bicyclic) bond motifs is 1.